The topological polar surface area (TPSA) is 46.9 Å². The van der Waals surface area contributed by atoms with E-state index in [9.17, 15) is 4.79 Å². The van der Waals surface area contributed by atoms with Gasteiger partial charge in [0.05, 0.1) is 9.77 Å². The van der Waals surface area contributed by atoms with Crippen molar-refractivity contribution in [2.45, 2.75) is 58.5 Å². The number of rotatable bonds is 5. The standard InChI is InChI=1S/C16H24IN3O/c1-10(14-8-12-3-4-13(14)7-12)19-16(21)5-6-20-11(2)15(17)9-18-20/h9-10,12-14H,3-8H2,1-2H3,(H,19,21)/t10-,12-,13-,14-/m0/s1. The maximum atomic E-state index is 12.2. The van der Waals surface area contributed by atoms with Crippen molar-refractivity contribution in [3.63, 3.8) is 0 Å². The second kappa shape index (κ2) is 6.26. The lowest BCUT2D eigenvalue weighted by Crippen LogP contribution is -2.40. The average Bonchev–Trinajstić information content (AvgIpc) is 3.15. The van der Waals surface area contributed by atoms with E-state index in [4.69, 9.17) is 0 Å². The van der Waals surface area contributed by atoms with Gasteiger partial charge in [0.15, 0.2) is 0 Å². The molecule has 1 amide bonds. The highest BCUT2D eigenvalue weighted by Gasteiger charge is 2.42. The van der Waals surface area contributed by atoms with Crippen LogP contribution in [0, 0.1) is 28.2 Å². The number of nitrogens with zero attached hydrogens (tertiary/aromatic N) is 2. The number of amides is 1. The Kier molecular flexibility index (Phi) is 4.57. The number of hydrogen-bond donors (Lipinski definition) is 1. The maximum absolute atomic E-state index is 12.2. The van der Waals surface area contributed by atoms with Crippen molar-refractivity contribution in [1.82, 2.24) is 15.1 Å². The van der Waals surface area contributed by atoms with Crippen molar-refractivity contribution in [2.24, 2.45) is 17.8 Å². The average molecular weight is 401 g/mol. The fourth-order valence-corrected chi connectivity index (χ4v) is 4.60. The van der Waals surface area contributed by atoms with Gasteiger partial charge in [-0.3, -0.25) is 9.48 Å². The number of carbonyl (C=O) groups excluding carboxylic acids is 1. The molecule has 3 rings (SSSR count). The maximum Gasteiger partial charge on any atom is 0.222 e. The van der Waals surface area contributed by atoms with Gasteiger partial charge in [-0.15, -0.1) is 0 Å². The molecule has 2 bridgehead atoms. The summed E-state index contributed by atoms with van der Waals surface area (Å²) in [6.07, 6.45) is 7.88. The van der Waals surface area contributed by atoms with Crippen LogP contribution in [-0.2, 0) is 11.3 Å². The first-order chi connectivity index (χ1) is 10.0. The molecule has 5 heteroatoms. The van der Waals surface area contributed by atoms with E-state index in [-0.39, 0.29) is 5.91 Å². The van der Waals surface area contributed by atoms with Gasteiger partial charge in [0, 0.05) is 24.7 Å². The van der Waals surface area contributed by atoms with Crippen molar-refractivity contribution >= 4 is 28.5 Å². The molecule has 4 atom stereocenters. The highest BCUT2D eigenvalue weighted by atomic mass is 127. The van der Waals surface area contributed by atoms with E-state index in [0.29, 0.717) is 24.9 Å². The summed E-state index contributed by atoms with van der Waals surface area (Å²) in [5, 5.41) is 7.53. The van der Waals surface area contributed by atoms with Crippen LogP contribution >= 0.6 is 22.6 Å². The zero-order valence-electron chi connectivity index (χ0n) is 12.8. The molecular formula is C16H24IN3O. The van der Waals surface area contributed by atoms with Crippen LogP contribution in [0.2, 0.25) is 0 Å². The van der Waals surface area contributed by atoms with E-state index in [1.165, 1.54) is 25.7 Å². The Morgan fingerprint density at radius 3 is 2.90 bits per heavy atom. The van der Waals surface area contributed by atoms with Crippen LogP contribution in [0.4, 0.5) is 0 Å². The molecule has 1 aromatic heterocycles. The Balaban J connectivity index is 1.47. The number of aryl methyl sites for hydroxylation is 1. The summed E-state index contributed by atoms with van der Waals surface area (Å²) in [6.45, 7) is 4.90. The minimum atomic E-state index is 0.162. The first-order valence-electron chi connectivity index (χ1n) is 8.02. The van der Waals surface area contributed by atoms with Crippen LogP contribution in [0.5, 0.6) is 0 Å². The summed E-state index contributed by atoms with van der Waals surface area (Å²) in [5.41, 5.74) is 1.14. The summed E-state index contributed by atoms with van der Waals surface area (Å²) in [4.78, 5) is 12.2. The number of fused-ring (bicyclic) bond motifs is 2. The van der Waals surface area contributed by atoms with Crippen LogP contribution in [0.1, 0.15) is 44.7 Å². The zero-order valence-corrected chi connectivity index (χ0v) is 15.0. The molecule has 2 fully saturated rings. The quantitative estimate of drug-likeness (QED) is 0.771. The normalized spacial score (nSPS) is 28.8. The molecule has 4 nitrogen and oxygen atoms in total. The van der Waals surface area contributed by atoms with E-state index in [1.54, 1.807) is 0 Å². The third-order valence-corrected chi connectivity index (χ3v) is 6.48. The summed E-state index contributed by atoms with van der Waals surface area (Å²) in [6, 6.07) is 0.326. The molecule has 116 valence electrons. The number of aromatic nitrogens is 2. The van der Waals surface area contributed by atoms with Gasteiger partial charge in [0.1, 0.15) is 0 Å². The molecule has 2 aliphatic rings. The van der Waals surface area contributed by atoms with Crippen molar-refractivity contribution in [3.05, 3.63) is 15.5 Å². The molecule has 0 unspecified atom stereocenters. The predicted molar refractivity (Wildman–Crippen MR) is 90.8 cm³/mol. The summed E-state index contributed by atoms with van der Waals surface area (Å²) >= 11 is 2.27. The third kappa shape index (κ3) is 3.27. The minimum absolute atomic E-state index is 0.162. The zero-order chi connectivity index (χ0) is 15.0. The smallest absolute Gasteiger partial charge is 0.222 e. The fraction of sp³-hybridized carbons (Fsp3) is 0.750. The monoisotopic (exact) mass is 401 g/mol. The van der Waals surface area contributed by atoms with E-state index in [1.807, 2.05) is 17.8 Å². The van der Waals surface area contributed by atoms with E-state index in [0.717, 1.165) is 21.1 Å². The number of hydrogen-bond acceptors (Lipinski definition) is 2. The number of carbonyl (C=O) groups is 1. The predicted octanol–water partition coefficient (Wildman–Crippen LogP) is 3.13. The van der Waals surface area contributed by atoms with E-state index in [2.05, 4.69) is 39.9 Å². The van der Waals surface area contributed by atoms with Crippen molar-refractivity contribution in [1.29, 1.82) is 0 Å². The summed E-state index contributed by atoms with van der Waals surface area (Å²) < 4.78 is 3.08. The SMILES string of the molecule is Cc1c(I)cnn1CCC(=O)N[C@@H](C)[C@@H]1C[C@H]2CC[C@H]1C2. The molecule has 1 N–H and O–H groups in total. The van der Waals surface area contributed by atoms with Gasteiger partial charge in [-0.1, -0.05) is 6.42 Å². The molecule has 0 radical (unpaired) electrons. The molecule has 21 heavy (non-hydrogen) atoms. The molecule has 2 saturated carbocycles. The van der Waals surface area contributed by atoms with Gasteiger partial charge in [-0.2, -0.15) is 5.10 Å². The number of nitrogens with one attached hydrogen (secondary N) is 1. The molecule has 1 heterocycles. The van der Waals surface area contributed by atoms with Crippen LogP contribution < -0.4 is 5.32 Å². The van der Waals surface area contributed by atoms with Crippen LogP contribution in [0.3, 0.4) is 0 Å². The fourth-order valence-electron chi connectivity index (χ4n) is 4.20. The second-order valence-corrected chi connectivity index (χ2v) is 7.91. The summed E-state index contributed by atoms with van der Waals surface area (Å²) in [7, 11) is 0. The molecule has 0 aliphatic heterocycles. The summed E-state index contributed by atoms with van der Waals surface area (Å²) in [5.74, 6) is 2.67. The Morgan fingerprint density at radius 1 is 1.52 bits per heavy atom. The van der Waals surface area contributed by atoms with Crippen LogP contribution in [-0.4, -0.2) is 21.7 Å². The highest BCUT2D eigenvalue weighted by Crippen LogP contribution is 2.49. The molecular weight excluding hydrogens is 377 g/mol. The lowest BCUT2D eigenvalue weighted by atomic mass is 9.84. The molecule has 0 aromatic carbocycles. The first-order valence-corrected chi connectivity index (χ1v) is 9.09. The van der Waals surface area contributed by atoms with Gasteiger partial charge in [-0.05, 0) is 73.5 Å². The van der Waals surface area contributed by atoms with Crippen LogP contribution in [0.15, 0.2) is 6.20 Å². The van der Waals surface area contributed by atoms with Gasteiger partial charge < -0.3 is 5.32 Å². The van der Waals surface area contributed by atoms with Crippen LogP contribution in [0.25, 0.3) is 0 Å². The van der Waals surface area contributed by atoms with Gasteiger partial charge >= 0.3 is 0 Å². The van der Waals surface area contributed by atoms with Gasteiger partial charge in [-0.25, -0.2) is 0 Å². The van der Waals surface area contributed by atoms with Crippen molar-refractivity contribution in [3.8, 4) is 0 Å². The Hall–Kier alpha value is -0.590. The Bertz CT molecular complexity index is 528. The minimum Gasteiger partial charge on any atom is -0.353 e. The third-order valence-electron chi connectivity index (χ3n) is 5.42. The van der Waals surface area contributed by atoms with Crippen molar-refractivity contribution < 1.29 is 4.79 Å². The van der Waals surface area contributed by atoms with Crippen molar-refractivity contribution in [2.75, 3.05) is 0 Å². The van der Waals surface area contributed by atoms with E-state index >= 15 is 0 Å². The van der Waals surface area contributed by atoms with E-state index < -0.39 is 0 Å². The molecule has 1 aromatic rings. The molecule has 0 spiro atoms. The highest BCUT2D eigenvalue weighted by molar-refractivity contribution is 14.1. The molecule has 0 saturated heterocycles. The lowest BCUT2D eigenvalue weighted by molar-refractivity contribution is -0.122. The first kappa shape index (κ1) is 15.3. The Morgan fingerprint density at radius 2 is 2.33 bits per heavy atom. The second-order valence-electron chi connectivity index (χ2n) is 6.75. The van der Waals surface area contributed by atoms with Gasteiger partial charge in [0.2, 0.25) is 5.91 Å². The Labute approximate surface area is 140 Å². The van der Waals surface area contributed by atoms with Gasteiger partial charge in [0.25, 0.3) is 0 Å². The molecule has 2 aliphatic carbocycles. The number of halogens is 1. The largest absolute Gasteiger partial charge is 0.353 e. The lowest BCUT2D eigenvalue weighted by Gasteiger charge is -2.28.